The van der Waals surface area contributed by atoms with E-state index in [1.54, 1.807) is 12.1 Å². The second-order valence-corrected chi connectivity index (χ2v) is 7.21. The molecule has 0 unspecified atom stereocenters. The minimum absolute atomic E-state index is 0.147. The van der Waals surface area contributed by atoms with Crippen molar-refractivity contribution in [3.8, 4) is 11.4 Å². The Morgan fingerprint density at radius 1 is 1.22 bits per heavy atom. The molecule has 0 aliphatic carbocycles. The Labute approximate surface area is 130 Å². The van der Waals surface area contributed by atoms with Crippen molar-refractivity contribution < 1.29 is 26.1 Å². The highest BCUT2D eigenvalue weighted by molar-refractivity contribution is 7.89. The highest BCUT2D eigenvalue weighted by atomic mass is 32.2. The summed E-state index contributed by atoms with van der Waals surface area (Å²) in [4.78, 5) is 3.30. The van der Waals surface area contributed by atoms with Gasteiger partial charge in [-0.15, -0.1) is 0 Å². The van der Waals surface area contributed by atoms with Gasteiger partial charge in [0.05, 0.1) is 5.75 Å². The number of benzene rings is 1. The molecule has 10 heteroatoms. The summed E-state index contributed by atoms with van der Waals surface area (Å²) in [5, 5.41) is 3.30. The molecule has 0 spiro atoms. The zero-order valence-corrected chi connectivity index (χ0v) is 12.6. The van der Waals surface area contributed by atoms with Crippen LogP contribution in [0.1, 0.15) is 17.9 Å². The molecule has 1 fully saturated rings. The maximum atomic E-state index is 12.4. The first-order valence-corrected chi connectivity index (χ1v) is 8.35. The summed E-state index contributed by atoms with van der Waals surface area (Å²) >= 11 is 0. The van der Waals surface area contributed by atoms with E-state index in [1.165, 1.54) is 16.4 Å². The molecular weight excluding hydrogens is 335 g/mol. The summed E-state index contributed by atoms with van der Waals surface area (Å²) in [5.41, 5.74) is 1.09. The summed E-state index contributed by atoms with van der Waals surface area (Å²) in [6.07, 6.45) is -4.08. The van der Waals surface area contributed by atoms with Gasteiger partial charge in [-0.05, 0) is 12.0 Å². The van der Waals surface area contributed by atoms with Crippen LogP contribution >= 0.6 is 0 Å². The fourth-order valence-electron chi connectivity index (χ4n) is 2.29. The van der Waals surface area contributed by atoms with Crippen molar-refractivity contribution >= 4 is 10.0 Å². The van der Waals surface area contributed by atoms with Crippen LogP contribution in [0.2, 0.25) is 0 Å². The minimum atomic E-state index is -4.69. The third-order valence-corrected chi connectivity index (χ3v) is 5.35. The number of hydrogen-bond acceptors (Lipinski definition) is 5. The number of nitrogens with zero attached hydrogens (tertiary/aromatic N) is 3. The van der Waals surface area contributed by atoms with Gasteiger partial charge in [-0.1, -0.05) is 29.4 Å². The second kappa shape index (κ2) is 5.60. The Hall–Kier alpha value is -1.94. The highest BCUT2D eigenvalue weighted by Crippen LogP contribution is 2.29. The van der Waals surface area contributed by atoms with Gasteiger partial charge in [-0.25, -0.2) is 8.42 Å². The van der Waals surface area contributed by atoms with Crippen LogP contribution in [-0.4, -0.2) is 35.2 Å². The molecule has 1 aromatic carbocycles. The van der Waals surface area contributed by atoms with Crippen molar-refractivity contribution in [1.29, 1.82) is 0 Å². The van der Waals surface area contributed by atoms with Crippen LogP contribution in [0, 0.1) is 0 Å². The molecular formula is C13H12F3N3O3S. The molecule has 6 nitrogen and oxygen atoms in total. The number of alkyl halides is 3. The zero-order valence-electron chi connectivity index (χ0n) is 11.7. The van der Waals surface area contributed by atoms with Gasteiger partial charge < -0.3 is 4.52 Å². The van der Waals surface area contributed by atoms with Crippen molar-refractivity contribution in [3.63, 3.8) is 0 Å². The van der Waals surface area contributed by atoms with E-state index < -0.39 is 22.1 Å². The third kappa shape index (κ3) is 3.37. The number of sulfonamides is 1. The summed E-state index contributed by atoms with van der Waals surface area (Å²) in [5.74, 6) is -1.42. The van der Waals surface area contributed by atoms with E-state index in [9.17, 15) is 21.6 Å². The van der Waals surface area contributed by atoms with Gasteiger partial charge in [0.1, 0.15) is 0 Å². The SMILES string of the molecule is O=S1(=O)CCCN1Cc1ccc(-c2noc(C(F)(F)F)n2)cc1. The maximum Gasteiger partial charge on any atom is 0.471 e. The molecule has 124 valence electrons. The number of aromatic nitrogens is 2. The summed E-state index contributed by atoms with van der Waals surface area (Å²) in [6, 6.07) is 6.33. The van der Waals surface area contributed by atoms with Gasteiger partial charge in [-0.3, -0.25) is 0 Å². The van der Waals surface area contributed by atoms with Crippen LogP contribution in [-0.2, 0) is 22.7 Å². The topological polar surface area (TPSA) is 76.3 Å². The molecule has 1 aliphatic rings. The van der Waals surface area contributed by atoms with Gasteiger partial charge in [-0.2, -0.15) is 22.5 Å². The zero-order chi connectivity index (χ0) is 16.7. The van der Waals surface area contributed by atoms with E-state index in [2.05, 4.69) is 14.7 Å². The predicted octanol–water partition coefficient (Wildman–Crippen LogP) is 2.29. The average molecular weight is 347 g/mol. The molecule has 0 atom stereocenters. The van der Waals surface area contributed by atoms with E-state index in [-0.39, 0.29) is 18.1 Å². The Morgan fingerprint density at radius 2 is 1.91 bits per heavy atom. The third-order valence-electron chi connectivity index (χ3n) is 3.44. The molecule has 0 bridgehead atoms. The first-order valence-electron chi connectivity index (χ1n) is 6.74. The lowest BCUT2D eigenvalue weighted by Crippen LogP contribution is -2.25. The van der Waals surface area contributed by atoms with Crippen molar-refractivity contribution in [2.24, 2.45) is 0 Å². The van der Waals surface area contributed by atoms with Gasteiger partial charge in [0.25, 0.3) is 0 Å². The van der Waals surface area contributed by atoms with E-state index in [0.29, 0.717) is 18.5 Å². The fraction of sp³-hybridized carbons (Fsp3) is 0.385. The average Bonchev–Trinajstić information content (AvgIpc) is 3.07. The molecule has 1 aliphatic heterocycles. The largest absolute Gasteiger partial charge is 0.471 e. The Bertz CT molecular complexity index is 800. The van der Waals surface area contributed by atoms with Crippen LogP contribution in [0.15, 0.2) is 28.8 Å². The first kappa shape index (κ1) is 15.9. The van der Waals surface area contributed by atoms with E-state index in [1.807, 2.05) is 0 Å². The molecule has 0 saturated carbocycles. The van der Waals surface area contributed by atoms with Crippen LogP contribution in [0.25, 0.3) is 11.4 Å². The first-order chi connectivity index (χ1) is 10.8. The molecule has 3 rings (SSSR count). The van der Waals surface area contributed by atoms with Gasteiger partial charge in [0.15, 0.2) is 0 Å². The Morgan fingerprint density at radius 3 is 2.43 bits per heavy atom. The fourth-order valence-corrected chi connectivity index (χ4v) is 3.79. The van der Waals surface area contributed by atoms with Crippen LogP contribution < -0.4 is 0 Å². The normalized spacial score (nSPS) is 18.4. The molecule has 1 aromatic heterocycles. The van der Waals surface area contributed by atoms with E-state index in [4.69, 9.17) is 0 Å². The van der Waals surface area contributed by atoms with Gasteiger partial charge >= 0.3 is 12.1 Å². The van der Waals surface area contributed by atoms with Crippen LogP contribution in [0.3, 0.4) is 0 Å². The second-order valence-electron chi connectivity index (χ2n) is 5.12. The lowest BCUT2D eigenvalue weighted by atomic mass is 10.1. The van der Waals surface area contributed by atoms with Crippen LogP contribution in [0.4, 0.5) is 13.2 Å². The number of halogens is 3. The van der Waals surface area contributed by atoms with Crippen molar-refractivity contribution in [1.82, 2.24) is 14.4 Å². The quantitative estimate of drug-likeness (QED) is 0.851. The lowest BCUT2D eigenvalue weighted by molar-refractivity contribution is -0.159. The smallest absolute Gasteiger partial charge is 0.329 e. The molecule has 23 heavy (non-hydrogen) atoms. The summed E-state index contributed by atoms with van der Waals surface area (Å²) in [7, 11) is -3.19. The highest BCUT2D eigenvalue weighted by Gasteiger charge is 2.38. The number of rotatable bonds is 3. The van der Waals surface area contributed by atoms with Gasteiger partial charge in [0.2, 0.25) is 15.8 Å². The van der Waals surface area contributed by atoms with Crippen molar-refractivity contribution in [3.05, 3.63) is 35.7 Å². The monoisotopic (exact) mass is 347 g/mol. The number of hydrogen-bond donors (Lipinski definition) is 0. The molecule has 0 radical (unpaired) electrons. The van der Waals surface area contributed by atoms with Crippen molar-refractivity contribution in [2.75, 3.05) is 12.3 Å². The molecule has 1 saturated heterocycles. The minimum Gasteiger partial charge on any atom is -0.329 e. The Kier molecular flexibility index (Phi) is 3.88. The lowest BCUT2D eigenvalue weighted by Gasteiger charge is -2.14. The summed E-state index contributed by atoms with van der Waals surface area (Å²) in [6.45, 7) is 0.715. The molecule has 0 amide bonds. The standard InChI is InChI=1S/C13H12F3N3O3S/c14-13(15,16)12-17-11(18-22-12)10-4-2-9(3-5-10)8-19-6-1-7-23(19,20)21/h2-5H,1,6-8H2. The van der Waals surface area contributed by atoms with Gasteiger partial charge in [0, 0.05) is 18.7 Å². The molecule has 2 heterocycles. The molecule has 0 N–H and O–H groups in total. The van der Waals surface area contributed by atoms with Crippen LogP contribution in [0.5, 0.6) is 0 Å². The summed E-state index contributed by atoms with van der Waals surface area (Å²) < 4.78 is 66.3. The molecule has 2 aromatic rings. The van der Waals surface area contributed by atoms with E-state index >= 15 is 0 Å². The Balaban J connectivity index is 1.76. The predicted molar refractivity (Wildman–Crippen MR) is 73.5 cm³/mol. The maximum absolute atomic E-state index is 12.4. The van der Waals surface area contributed by atoms with E-state index in [0.717, 1.165) is 5.56 Å². The van der Waals surface area contributed by atoms with Crippen molar-refractivity contribution in [2.45, 2.75) is 19.1 Å².